The van der Waals surface area contributed by atoms with Gasteiger partial charge in [0, 0.05) is 60.3 Å². The van der Waals surface area contributed by atoms with Gasteiger partial charge in [-0.3, -0.25) is 0 Å². The maximum atomic E-state index is 5.12. The Morgan fingerprint density at radius 2 is 1.35 bits per heavy atom. The zero-order chi connectivity index (χ0) is 21.8. The van der Waals surface area contributed by atoms with Crippen molar-refractivity contribution < 1.29 is 0 Å². The van der Waals surface area contributed by atoms with E-state index in [1.807, 2.05) is 0 Å². The third kappa shape index (κ3) is 6.62. The maximum absolute atomic E-state index is 5.12. The fourth-order valence-corrected chi connectivity index (χ4v) is 6.78. The highest BCUT2D eigenvalue weighted by atomic mass is 32.2. The van der Waals surface area contributed by atoms with E-state index in [0.717, 1.165) is 49.5 Å². The van der Waals surface area contributed by atoms with E-state index in [9.17, 15) is 0 Å². The molecule has 0 aliphatic carbocycles. The van der Waals surface area contributed by atoms with E-state index in [1.54, 1.807) is 0 Å². The molecule has 2 N–H and O–H groups in total. The Kier molecular flexibility index (Phi) is 7.89. The van der Waals surface area contributed by atoms with Crippen molar-refractivity contribution in [2.75, 3.05) is 43.4 Å². The van der Waals surface area contributed by atoms with Crippen molar-refractivity contribution in [3.05, 3.63) is 0 Å². The van der Waals surface area contributed by atoms with Gasteiger partial charge in [0.1, 0.15) is 0 Å². The first-order chi connectivity index (χ1) is 14.9. The predicted molar refractivity (Wildman–Crippen MR) is 138 cm³/mol. The van der Waals surface area contributed by atoms with Gasteiger partial charge >= 0.3 is 0 Å². The van der Waals surface area contributed by atoms with E-state index >= 15 is 0 Å². The molecule has 4 rings (SSSR count). The van der Waals surface area contributed by atoms with Crippen LogP contribution in [0.4, 0.5) is 0 Å². The second-order valence-electron chi connectivity index (χ2n) is 10.4. The summed E-state index contributed by atoms with van der Waals surface area (Å²) in [6, 6.07) is 2.08. The van der Waals surface area contributed by atoms with Gasteiger partial charge in [-0.15, -0.1) is 0 Å². The number of guanidine groups is 2. The summed E-state index contributed by atoms with van der Waals surface area (Å²) >= 11 is 4.13. The quantitative estimate of drug-likeness (QED) is 0.601. The Morgan fingerprint density at radius 1 is 0.806 bits per heavy atom. The van der Waals surface area contributed by atoms with Gasteiger partial charge in [0.15, 0.2) is 11.9 Å². The number of rotatable bonds is 7. The molecule has 2 fully saturated rings. The van der Waals surface area contributed by atoms with Crippen LogP contribution >= 0.6 is 23.5 Å². The minimum absolute atomic E-state index is 0.331. The van der Waals surface area contributed by atoms with Gasteiger partial charge in [0.05, 0.1) is 12.1 Å². The van der Waals surface area contributed by atoms with Crippen LogP contribution in [-0.2, 0) is 0 Å². The summed E-state index contributed by atoms with van der Waals surface area (Å²) in [6.45, 7) is 13.8. The lowest BCUT2D eigenvalue weighted by molar-refractivity contribution is 0.298. The number of hydrogen-bond donors (Lipinski definition) is 2. The van der Waals surface area contributed by atoms with Gasteiger partial charge in [-0.25, -0.2) is 9.98 Å². The third-order valence-corrected chi connectivity index (χ3v) is 9.35. The minimum Gasteiger partial charge on any atom is -0.353 e. The van der Waals surface area contributed by atoms with Gasteiger partial charge < -0.3 is 20.4 Å². The average molecular weight is 467 g/mol. The largest absolute Gasteiger partial charge is 0.353 e. The van der Waals surface area contributed by atoms with Crippen LogP contribution in [0.15, 0.2) is 9.98 Å². The molecule has 0 spiro atoms. The normalized spacial score (nSPS) is 31.1. The monoisotopic (exact) mass is 466 g/mol. The Morgan fingerprint density at radius 3 is 1.97 bits per heavy atom. The number of thioether (sulfide) groups is 2. The number of nitrogens with zero attached hydrogens (tertiary/aromatic N) is 4. The van der Waals surface area contributed by atoms with E-state index in [0.29, 0.717) is 28.9 Å². The van der Waals surface area contributed by atoms with E-state index in [2.05, 4.69) is 71.7 Å². The number of fused-ring (bicyclic) bond motifs is 2. The highest BCUT2D eigenvalue weighted by Gasteiger charge is 2.30. The summed E-state index contributed by atoms with van der Waals surface area (Å²) in [4.78, 5) is 15.0. The second-order valence-corrected chi connectivity index (χ2v) is 13.3. The molecule has 176 valence electrons. The van der Waals surface area contributed by atoms with Gasteiger partial charge in [-0.1, -0.05) is 27.7 Å². The first kappa shape index (κ1) is 23.4. The molecule has 8 heteroatoms. The topological polar surface area (TPSA) is 55.3 Å². The van der Waals surface area contributed by atoms with E-state index < -0.39 is 0 Å². The molecule has 0 radical (unpaired) electrons. The molecule has 0 saturated carbocycles. The molecule has 0 aromatic carbocycles. The van der Waals surface area contributed by atoms with Crippen molar-refractivity contribution in [2.45, 2.75) is 88.7 Å². The summed E-state index contributed by atoms with van der Waals surface area (Å²) in [5.74, 6) is 5.78. The van der Waals surface area contributed by atoms with Gasteiger partial charge in [0.25, 0.3) is 0 Å². The van der Waals surface area contributed by atoms with E-state index in [4.69, 9.17) is 9.98 Å². The van der Waals surface area contributed by atoms with Crippen LogP contribution in [0.1, 0.15) is 59.8 Å². The van der Waals surface area contributed by atoms with Crippen LogP contribution in [0.5, 0.6) is 0 Å². The first-order valence-corrected chi connectivity index (χ1v) is 14.4. The molecule has 0 amide bonds. The van der Waals surface area contributed by atoms with Crippen LogP contribution in [0.3, 0.4) is 0 Å². The molecule has 0 unspecified atom stereocenters. The molecular formula is C23H42N6S2. The highest BCUT2D eigenvalue weighted by molar-refractivity contribution is 8.00. The molecule has 0 aromatic rings. The van der Waals surface area contributed by atoms with Crippen molar-refractivity contribution in [1.29, 1.82) is 0 Å². The van der Waals surface area contributed by atoms with Gasteiger partial charge in [-0.05, 0) is 32.1 Å². The molecule has 4 aliphatic rings. The van der Waals surface area contributed by atoms with Crippen molar-refractivity contribution in [1.82, 2.24) is 20.4 Å². The third-order valence-electron chi connectivity index (χ3n) is 6.65. The molecule has 4 heterocycles. The van der Waals surface area contributed by atoms with Crippen LogP contribution in [0.2, 0.25) is 0 Å². The lowest BCUT2D eigenvalue weighted by Gasteiger charge is -2.40. The Balaban J connectivity index is 1.22. The lowest BCUT2D eigenvalue weighted by Crippen LogP contribution is -2.56. The molecule has 6 nitrogen and oxygen atoms in total. The van der Waals surface area contributed by atoms with Crippen molar-refractivity contribution in [2.24, 2.45) is 9.98 Å². The maximum Gasteiger partial charge on any atom is 0.194 e. The fraction of sp³-hybridized carbons (Fsp3) is 0.913. The van der Waals surface area contributed by atoms with E-state index in [1.165, 1.54) is 38.0 Å². The summed E-state index contributed by atoms with van der Waals surface area (Å²) in [6.07, 6.45) is 6.01. The number of aliphatic imine (C=N–C) groups is 2. The van der Waals surface area contributed by atoms with Crippen LogP contribution < -0.4 is 10.6 Å². The second kappa shape index (κ2) is 10.4. The average Bonchev–Trinajstić information content (AvgIpc) is 2.76. The predicted octanol–water partition coefficient (Wildman–Crippen LogP) is 3.25. The molecule has 0 bridgehead atoms. The number of hydrogen-bond acceptors (Lipinski definition) is 8. The minimum atomic E-state index is 0.331. The number of nitrogens with one attached hydrogen (secondary N) is 2. The fourth-order valence-electron chi connectivity index (χ4n) is 4.65. The molecule has 4 aliphatic heterocycles. The molecule has 4 atom stereocenters. The Hall–Kier alpha value is -0.760. The summed E-state index contributed by atoms with van der Waals surface area (Å²) in [7, 11) is 0. The molecule has 2 saturated heterocycles. The van der Waals surface area contributed by atoms with Crippen LogP contribution in [-0.4, -0.2) is 94.1 Å². The SMILES string of the molecule is CC[C@H]1CCN2CC[C@H](CSC[C@H]3CCN4CC[C@H](CSC(C)(C)C)NC4=N3)NC2=N1. The summed E-state index contributed by atoms with van der Waals surface area (Å²) in [5.41, 5.74) is 0. The Labute approximate surface area is 197 Å². The summed E-state index contributed by atoms with van der Waals surface area (Å²) < 4.78 is 0.331. The van der Waals surface area contributed by atoms with Crippen LogP contribution in [0.25, 0.3) is 0 Å². The first-order valence-electron chi connectivity index (χ1n) is 12.3. The molecule has 0 aromatic heterocycles. The standard InChI is InChI=1S/C23H42N6S2/c1-5-17-6-10-28-11-7-18(25-21(28)24-17)14-30-15-19-8-12-29-13-9-20(27-22(29)26-19)16-31-23(2,3)4/h17-20H,5-16H2,1-4H3,(H,24,25)(H,26,27)/t17-,18+,19+,20+/m0/s1. The molecular weight excluding hydrogens is 424 g/mol. The zero-order valence-corrected chi connectivity index (χ0v) is 21.5. The summed E-state index contributed by atoms with van der Waals surface area (Å²) in [5, 5.41) is 7.48. The van der Waals surface area contributed by atoms with Crippen molar-refractivity contribution >= 4 is 35.4 Å². The van der Waals surface area contributed by atoms with E-state index in [-0.39, 0.29) is 0 Å². The Bertz CT molecular complexity index is 661. The van der Waals surface area contributed by atoms with Crippen LogP contribution in [0, 0.1) is 0 Å². The highest BCUT2D eigenvalue weighted by Crippen LogP contribution is 2.26. The lowest BCUT2D eigenvalue weighted by atomic mass is 10.1. The molecule has 31 heavy (non-hydrogen) atoms. The van der Waals surface area contributed by atoms with Gasteiger partial charge in [-0.2, -0.15) is 23.5 Å². The smallest absolute Gasteiger partial charge is 0.194 e. The van der Waals surface area contributed by atoms with Crippen molar-refractivity contribution in [3.63, 3.8) is 0 Å². The zero-order valence-electron chi connectivity index (χ0n) is 19.9. The van der Waals surface area contributed by atoms with Gasteiger partial charge in [0.2, 0.25) is 0 Å². The van der Waals surface area contributed by atoms with Crippen molar-refractivity contribution in [3.8, 4) is 0 Å².